The lowest BCUT2D eigenvalue weighted by Gasteiger charge is -2.13. The van der Waals surface area contributed by atoms with Crippen molar-refractivity contribution in [2.24, 2.45) is 0 Å². The lowest BCUT2D eigenvalue weighted by atomic mass is 10.0. The van der Waals surface area contributed by atoms with Crippen LogP contribution in [0.2, 0.25) is 0 Å². The highest BCUT2D eigenvalue weighted by atomic mass is 16.3. The lowest BCUT2D eigenvalue weighted by Crippen LogP contribution is -2.02. The number of para-hydroxylation sites is 10. The standard InChI is InChI=1S/2C45H28N4O.C39H24N4O/c1-3-12-29(13-4-1)30-22-24-31(25-23-30)43-46-44(32-26-27-41-38(28-32)35-17-8-10-21-40(35)50-41)48-45(47-43)37-19-11-18-36-34-16-7-9-20-39(34)49(42(36)37)33-14-5-2-6-15-33;1-3-11-29(12-4-1)30-19-21-31(22-20-30)43-46-44(48-45(47-43)33-24-26-38-37-16-8-10-18-41(37)50-42(38)28-33)32-23-25-36-35-15-7-9-17-39(35)49(40(36)27-32)34-13-5-2-6-14-34;1-3-11-25(12-4-1)37-40-38(42-39(41-37)27-20-22-36-32(24-27)30-16-8-10-18-35(30)44-36)26-19-21-34-31(23-26)29-15-7-9-17-33(29)43(34)28-13-5-2-6-14-28/h2*1-28H;1-24H. The molecule has 0 saturated carbocycles. The number of hydrogen-bond acceptors (Lipinski definition) is 12. The minimum absolute atomic E-state index is 0.586. The van der Waals surface area contributed by atoms with Crippen molar-refractivity contribution in [2.75, 3.05) is 0 Å². The van der Waals surface area contributed by atoms with Gasteiger partial charge in [-0.05, 0) is 174 Å². The Balaban J connectivity index is 0.000000108. The van der Waals surface area contributed by atoms with E-state index >= 15 is 0 Å². The van der Waals surface area contributed by atoms with Crippen molar-refractivity contribution in [1.82, 2.24) is 58.6 Å². The largest absolute Gasteiger partial charge is 0.456 e. The number of fused-ring (bicyclic) bond motifs is 18. The Bertz CT molecular complexity index is 10000. The molecule has 0 bridgehead atoms. The molecular weight excluding hydrogens is 1770 g/mol. The summed E-state index contributed by atoms with van der Waals surface area (Å²) in [5.74, 6) is 5.51. The maximum absolute atomic E-state index is 6.26. The number of benzene rings is 20. The van der Waals surface area contributed by atoms with Gasteiger partial charge in [-0.25, -0.2) is 44.9 Å². The minimum Gasteiger partial charge on any atom is -0.456 e. The Hall–Kier alpha value is -19.8. The fourth-order valence-corrected chi connectivity index (χ4v) is 20.3. The molecule has 0 radical (unpaired) electrons. The first-order valence-electron chi connectivity index (χ1n) is 48.0. The maximum Gasteiger partial charge on any atom is 0.166 e. The molecular formula is C129H80N12O3. The molecule has 0 aliphatic carbocycles. The maximum atomic E-state index is 6.26. The fourth-order valence-electron chi connectivity index (χ4n) is 20.3. The van der Waals surface area contributed by atoms with Crippen LogP contribution in [0.25, 0.3) is 273 Å². The first-order chi connectivity index (χ1) is 71.3. The van der Waals surface area contributed by atoms with E-state index in [4.69, 9.17) is 58.1 Å². The molecule has 674 valence electrons. The second kappa shape index (κ2) is 35.3. The zero-order valence-electron chi connectivity index (χ0n) is 77.3. The number of hydrogen-bond donors (Lipinski definition) is 0. The van der Waals surface area contributed by atoms with Crippen LogP contribution in [-0.2, 0) is 0 Å². The molecule has 0 N–H and O–H groups in total. The van der Waals surface area contributed by atoms with Crippen LogP contribution in [0, 0.1) is 0 Å². The predicted molar refractivity (Wildman–Crippen MR) is 584 cm³/mol. The van der Waals surface area contributed by atoms with E-state index in [1.807, 2.05) is 146 Å². The molecule has 0 unspecified atom stereocenters. The highest BCUT2D eigenvalue weighted by Gasteiger charge is 2.26. The normalized spacial score (nSPS) is 11.6. The number of furan rings is 3. The first kappa shape index (κ1) is 83.6. The third kappa shape index (κ3) is 15.1. The van der Waals surface area contributed by atoms with Gasteiger partial charge in [-0.2, -0.15) is 0 Å². The Kier molecular flexibility index (Phi) is 20.5. The molecule has 0 amide bonds. The van der Waals surface area contributed by atoms with Crippen molar-refractivity contribution in [1.29, 1.82) is 0 Å². The van der Waals surface area contributed by atoms with Gasteiger partial charge in [-0.3, -0.25) is 0 Å². The van der Waals surface area contributed by atoms with E-state index in [0.717, 1.165) is 199 Å². The van der Waals surface area contributed by atoms with Crippen LogP contribution in [0.5, 0.6) is 0 Å². The second-order valence-corrected chi connectivity index (χ2v) is 35.8. The minimum atomic E-state index is 0.586. The summed E-state index contributed by atoms with van der Waals surface area (Å²) in [6.07, 6.45) is 0. The van der Waals surface area contributed by atoms with Crippen molar-refractivity contribution >= 4 is 131 Å². The van der Waals surface area contributed by atoms with Gasteiger partial charge in [0.2, 0.25) is 0 Å². The van der Waals surface area contributed by atoms with E-state index in [1.165, 1.54) is 21.5 Å². The summed E-state index contributed by atoms with van der Waals surface area (Å²) in [5.41, 5.74) is 27.9. The van der Waals surface area contributed by atoms with E-state index in [9.17, 15) is 0 Å². The Labute approximate surface area is 824 Å². The smallest absolute Gasteiger partial charge is 0.166 e. The molecule has 0 fully saturated rings. The second-order valence-electron chi connectivity index (χ2n) is 35.8. The zero-order chi connectivity index (χ0) is 95.1. The summed E-state index contributed by atoms with van der Waals surface area (Å²) < 4.78 is 25.4. The third-order valence-electron chi connectivity index (χ3n) is 27.2. The van der Waals surface area contributed by atoms with E-state index in [-0.39, 0.29) is 0 Å². The Morgan fingerprint density at radius 3 is 0.854 bits per heavy atom. The lowest BCUT2D eigenvalue weighted by molar-refractivity contribution is 0.668. The summed E-state index contributed by atoms with van der Waals surface area (Å²) in [4.78, 5) is 45.9. The van der Waals surface area contributed by atoms with Gasteiger partial charge in [0.25, 0.3) is 0 Å². The van der Waals surface area contributed by atoms with Crippen LogP contribution in [0.3, 0.4) is 0 Å². The molecule has 0 aliphatic rings. The predicted octanol–water partition coefficient (Wildman–Crippen LogP) is 32.9. The van der Waals surface area contributed by atoms with Gasteiger partial charge >= 0.3 is 0 Å². The van der Waals surface area contributed by atoms with Gasteiger partial charge < -0.3 is 27.0 Å². The van der Waals surface area contributed by atoms with E-state index in [2.05, 4.69) is 353 Å². The van der Waals surface area contributed by atoms with Crippen LogP contribution >= 0.6 is 0 Å². The first-order valence-corrected chi connectivity index (χ1v) is 48.0. The van der Waals surface area contributed by atoms with Crippen LogP contribution in [0.1, 0.15) is 0 Å². The van der Waals surface area contributed by atoms with E-state index < -0.39 is 0 Å². The third-order valence-corrected chi connectivity index (χ3v) is 27.2. The quantitative estimate of drug-likeness (QED) is 0.101. The molecule has 144 heavy (non-hydrogen) atoms. The summed E-state index contributed by atoms with van der Waals surface area (Å²) in [6, 6.07) is 167. The van der Waals surface area contributed by atoms with Crippen LogP contribution in [-0.4, -0.2) is 58.6 Å². The van der Waals surface area contributed by atoms with Crippen molar-refractivity contribution in [3.8, 4) is 142 Å². The molecule has 0 atom stereocenters. The molecule has 9 heterocycles. The molecule has 29 rings (SSSR count). The van der Waals surface area contributed by atoms with Gasteiger partial charge in [-0.1, -0.05) is 334 Å². The monoisotopic (exact) mass is 1840 g/mol. The fraction of sp³-hybridized carbons (Fsp3) is 0. The summed E-state index contributed by atoms with van der Waals surface area (Å²) in [7, 11) is 0. The summed E-state index contributed by atoms with van der Waals surface area (Å²) in [5, 5.41) is 13.4. The van der Waals surface area contributed by atoms with Gasteiger partial charge in [0.05, 0.1) is 33.1 Å². The van der Waals surface area contributed by atoms with E-state index in [0.29, 0.717) is 52.4 Å². The van der Waals surface area contributed by atoms with Gasteiger partial charge in [-0.15, -0.1) is 0 Å². The number of nitrogens with zero attached hydrogens (tertiary/aromatic N) is 12. The summed E-state index contributed by atoms with van der Waals surface area (Å²) >= 11 is 0. The SMILES string of the molecule is c1ccc(-c2ccc(-c3nc(-c4ccc5c(c4)oc4ccccc45)nc(-c4ccc5c6ccccc6n(-c6ccccc6)c5c4)n3)cc2)cc1.c1ccc(-c2ccc(-c3nc(-c4ccc5oc6ccccc6c5c4)nc(-c4cccc5c6ccccc6n(-c6ccccc6)c45)n3)cc2)cc1.c1ccc(-c2nc(-c3ccc4oc5ccccc5c4c3)nc(-c3ccc4c(c3)c3ccccc3n4-c3ccccc3)n2)cc1. The molecule has 0 saturated heterocycles. The van der Waals surface area contributed by atoms with E-state index in [1.54, 1.807) is 0 Å². The van der Waals surface area contributed by atoms with Crippen LogP contribution in [0.15, 0.2) is 499 Å². The average Bonchev–Trinajstić information content (AvgIpc) is 1.57. The van der Waals surface area contributed by atoms with Crippen molar-refractivity contribution in [3.05, 3.63) is 485 Å². The Morgan fingerprint density at radius 1 is 0.132 bits per heavy atom. The molecule has 15 heteroatoms. The molecule has 0 aliphatic heterocycles. The van der Waals surface area contributed by atoms with Gasteiger partial charge in [0, 0.05) is 132 Å². The van der Waals surface area contributed by atoms with Gasteiger partial charge in [0.1, 0.15) is 33.5 Å². The molecule has 9 aromatic heterocycles. The number of aromatic nitrogens is 12. The number of rotatable bonds is 14. The van der Waals surface area contributed by atoms with Crippen LogP contribution in [0.4, 0.5) is 0 Å². The molecule has 15 nitrogen and oxygen atoms in total. The van der Waals surface area contributed by atoms with Crippen LogP contribution < -0.4 is 0 Å². The zero-order valence-corrected chi connectivity index (χ0v) is 77.3. The van der Waals surface area contributed by atoms with Crippen molar-refractivity contribution in [2.45, 2.75) is 0 Å². The van der Waals surface area contributed by atoms with Gasteiger partial charge in [0.15, 0.2) is 52.4 Å². The van der Waals surface area contributed by atoms with Crippen molar-refractivity contribution < 1.29 is 13.3 Å². The molecule has 0 spiro atoms. The highest BCUT2D eigenvalue weighted by Crippen LogP contribution is 2.44. The van der Waals surface area contributed by atoms with Crippen molar-refractivity contribution in [3.63, 3.8) is 0 Å². The molecule has 20 aromatic carbocycles. The highest BCUT2D eigenvalue weighted by molar-refractivity contribution is 6.16. The summed E-state index contributed by atoms with van der Waals surface area (Å²) in [6.45, 7) is 0. The topological polar surface area (TPSA) is 170 Å². The average molecular weight is 1850 g/mol. The Morgan fingerprint density at radius 2 is 0.389 bits per heavy atom. The molecule has 29 aromatic rings.